The average Bonchev–Trinajstić information content (AvgIpc) is 2.98. The third kappa shape index (κ3) is 5.78. The van der Waals surface area contributed by atoms with Gasteiger partial charge in [-0.3, -0.25) is 14.6 Å². The number of hydrogen-bond donors (Lipinski definition) is 2. The summed E-state index contributed by atoms with van der Waals surface area (Å²) in [6, 6.07) is 7.23. The fraction of sp³-hybridized carbons (Fsp3) is 0.375. The molecule has 2 aromatic rings. The van der Waals surface area contributed by atoms with Gasteiger partial charge in [-0.2, -0.15) is 4.37 Å². The first-order valence-corrected chi connectivity index (χ1v) is 8.22. The van der Waals surface area contributed by atoms with Crippen molar-refractivity contribution in [2.45, 2.75) is 32.7 Å². The van der Waals surface area contributed by atoms with E-state index in [1.54, 1.807) is 12.3 Å². The van der Waals surface area contributed by atoms with Crippen LogP contribution < -0.4 is 10.6 Å². The summed E-state index contributed by atoms with van der Waals surface area (Å²) < 4.78 is 4.06. The monoisotopic (exact) mass is 332 g/mol. The number of rotatable bonds is 7. The minimum Gasteiger partial charge on any atom is -0.354 e. The zero-order valence-corrected chi connectivity index (χ0v) is 14.0. The van der Waals surface area contributed by atoms with E-state index in [0.29, 0.717) is 25.1 Å². The van der Waals surface area contributed by atoms with Gasteiger partial charge in [0.2, 0.25) is 5.91 Å². The molecule has 2 N–H and O–H groups in total. The lowest BCUT2D eigenvalue weighted by Crippen LogP contribution is -2.42. The van der Waals surface area contributed by atoms with Gasteiger partial charge < -0.3 is 10.6 Å². The lowest BCUT2D eigenvalue weighted by molar-refractivity contribution is -0.121. The maximum atomic E-state index is 11.9. The quantitative estimate of drug-likeness (QED) is 0.808. The molecule has 0 aliphatic carbocycles. The van der Waals surface area contributed by atoms with E-state index in [2.05, 4.69) is 20.0 Å². The molecule has 0 aliphatic heterocycles. The largest absolute Gasteiger partial charge is 0.354 e. The Bertz CT molecular complexity index is 657. The highest BCUT2D eigenvalue weighted by Gasteiger charge is 2.13. The minimum absolute atomic E-state index is 0.0544. The Morgan fingerprint density at radius 1 is 1.35 bits per heavy atom. The summed E-state index contributed by atoms with van der Waals surface area (Å²) in [5.41, 5.74) is 1.31. The van der Waals surface area contributed by atoms with Gasteiger partial charge in [0.15, 0.2) is 0 Å². The van der Waals surface area contributed by atoms with E-state index >= 15 is 0 Å². The summed E-state index contributed by atoms with van der Waals surface area (Å²) >= 11 is 1.30. The van der Waals surface area contributed by atoms with E-state index < -0.39 is 0 Å². The average molecular weight is 332 g/mol. The van der Waals surface area contributed by atoms with E-state index in [1.165, 1.54) is 11.5 Å². The van der Waals surface area contributed by atoms with Crippen LogP contribution in [0.15, 0.2) is 30.5 Å². The van der Waals surface area contributed by atoms with Crippen LogP contribution in [-0.2, 0) is 11.2 Å². The van der Waals surface area contributed by atoms with Crippen molar-refractivity contribution < 1.29 is 9.59 Å². The van der Waals surface area contributed by atoms with Crippen LogP contribution >= 0.6 is 11.5 Å². The molecule has 2 heterocycles. The normalized spacial score (nSPS) is 11.7. The molecule has 1 atom stereocenters. The van der Waals surface area contributed by atoms with Crippen molar-refractivity contribution in [3.63, 3.8) is 0 Å². The SMILES string of the molecule is Cc1cc(C(=O)NC(C)CNC(=O)CCc2ccccn2)ns1. The van der Waals surface area contributed by atoms with Crippen molar-refractivity contribution >= 4 is 23.3 Å². The molecule has 0 fully saturated rings. The van der Waals surface area contributed by atoms with Crippen LogP contribution in [0.3, 0.4) is 0 Å². The van der Waals surface area contributed by atoms with Gasteiger partial charge in [0.1, 0.15) is 5.69 Å². The van der Waals surface area contributed by atoms with Gasteiger partial charge in [-0.25, -0.2) is 0 Å². The molecule has 0 aliphatic rings. The van der Waals surface area contributed by atoms with Gasteiger partial charge in [0.25, 0.3) is 5.91 Å². The van der Waals surface area contributed by atoms with Crippen molar-refractivity contribution in [2.75, 3.05) is 6.54 Å². The Kier molecular flexibility index (Phi) is 6.22. The Morgan fingerprint density at radius 2 is 2.17 bits per heavy atom. The maximum absolute atomic E-state index is 11.9. The number of carbonyl (C=O) groups is 2. The fourth-order valence-electron chi connectivity index (χ4n) is 1.97. The number of amides is 2. The summed E-state index contributed by atoms with van der Waals surface area (Å²) in [7, 11) is 0. The van der Waals surface area contributed by atoms with Crippen LogP contribution in [0.5, 0.6) is 0 Å². The van der Waals surface area contributed by atoms with Crippen LogP contribution in [0.1, 0.15) is 34.4 Å². The molecule has 0 saturated heterocycles. The molecule has 6 nitrogen and oxygen atoms in total. The van der Waals surface area contributed by atoms with Crippen molar-refractivity contribution in [3.8, 4) is 0 Å². The summed E-state index contributed by atoms with van der Waals surface area (Å²) in [6.45, 7) is 4.13. The number of pyridine rings is 1. The standard InChI is InChI=1S/C16H20N4O2S/c1-11(19-16(22)14-9-12(2)23-20-14)10-18-15(21)7-6-13-5-3-4-8-17-13/h3-5,8-9,11H,6-7,10H2,1-2H3,(H,18,21)(H,19,22). The number of hydrogen-bond acceptors (Lipinski definition) is 5. The van der Waals surface area contributed by atoms with E-state index in [9.17, 15) is 9.59 Å². The van der Waals surface area contributed by atoms with Gasteiger partial charge in [-0.1, -0.05) is 6.07 Å². The molecule has 0 radical (unpaired) electrons. The first-order valence-electron chi connectivity index (χ1n) is 7.45. The number of carbonyl (C=O) groups excluding carboxylic acids is 2. The second kappa shape index (κ2) is 8.38. The summed E-state index contributed by atoms with van der Waals surface area (Å²) in [5.74, 6) is -0.272. The zero-order valence-electron chi connectivity index (χ0n) is 13.2. The molecule has 2 aromatic heterocycles. The predicted molar refractivity (Wildman–Crippen MR) is 89.3 cm³/mol. The highest BCUT2D eigenvalue weighted by Crippen LogP contribution is 2.07. The molecule has 7 heteroatoms. The zero-order chi connectivity index (χ0) is 16.7. The Labute approximate surface area is 139 Å². The molecule has 122 valence electrons. The van der Waals surface area contributed by atoms with Crippen LogP contribution in [-0.4, -0.2) is 33.8 Å². The van der Waals surface area contributed by atoms with Crippen molar-refractivity contribution in [1.82, 2.24) is 20.0 Å². The molecule has 2 amide bonds. The van der Waals surface area contributed by atoms with Crippen molar-refractivity contribution in [3.05, 3.63) is 46.7 Å². The molecular weight excluding hydrogens is 312 g/mol. The van der Waals surface area contributed by atoms with Gasteiger partial charge in [0, 0.05) is 35.8 Å². The first-order chi connectivity index (χ1) is 11.0. The second-order valence-electron chi connectivity index (χ2n) is 5.32. The minimum atomic E-state index is -0.218. The summed E-state index contributed by atoms with van der Waals surface area (Å²) in [5, 5.41) is 5.63. The highest BCUT2D eigenvalue weighted by atomic mass is 32.1. The number of aromatic nitrogens is 2. The van der Waals surface area contributed by atoms with Crippen molar-refractivity contribution in [1.29, 1.82) is 0 Å². The van der Waals surface area contributed by atoms with Gasteiger partial charge >= 0.3 is 0 Å². The Hall–Kier alpha value is -2.28. The second-order valence-corrected chi connectivity index (χ2v) is 6.33. The third-order valence-corrected chi connectivity index (χ3v) is 3.87. The van der Waals surface area contributed by atoms with Gasteiger partial charge in [-0.05, 0) is 50.0 Å². The molecule has 0 spiro atoms. The topological polar surface area (TPSA) is 84.0 Å². The molecule has 0 aromatic carbocycles. The molecular formula is C16H20N4O2S. The molecule has 0 bridgehead atoms. The third-order valence-electron chi connectivity index (χ3n) is 3.18. The lowest BCUT2D eigenvalue weighted by atomic mass is 10.2. The van der Waals surface area contributed by atoms with Gasteiger partial charge in [0.05, 0.1) is 0 Å². The Morgan fingerprint density at radius 3 is 2.83 bits per heavy atom. The first kappa shape index (κ1) is 17.1. The molecule has 0 saturated carbocycles. The number of nitrogens with one attached hydrogen (secondary N) is 2. The number of nitrogens with zero attached hydrogens (tertiary/aromatic N) is 2. The maximum Gasteiger partial charge on any atom is 0.271 e. The van der Waals surface area contributed by atoms with Crippen LogP contribution in [0, 0.1) is 6.92 Å². The smallest absolute Gasteiger partial charge is 0.271 e. The van der Waals surface area contributed by atoms with Crippen LogP contribution in [0.4, 0.5) is 0 Å². The van der Waals surface area contributed by atoms with Gasteiger partial charge in [-0.15, -0.1) is 0 Å². The van der Waals surface area contributed by atoms with E-state index in [1.807, 2.05) is 32.0 Å². The molecule has 1 unspecified atom stereocenters. The molecule has 2 rings (SSSR count). The highest BCUT2D eigenvalue weighted by molar-refractivity contribution is 7.05. The van der Waals surface area contributed by atoms with E-state index in [4.69, 9.17) is 0 Å². The predicted octanol–water partition coefficient (Wildman–Crippen LogP) is 1.71. The lowest BCUT2D eigenvalue weighted by Gasteiger charge is -2.14. The number of aryl methyl sites for hydroxylation is 2. The van der Waals surface area contributed by atoms with Crippen LogP contribution in [0.25, 0.3) is 0 Å². The Balaban J connectivity index is 1.68. The van der Waals surface area contributed by atoms with E-state index in [0.717, 1.165) is 10.6 Å². The molecule has 23 heavy (non-hydrogen) atoms. The fourth-order valence-corrected chi connectivity index (χ4v) is 2.51. The van der Waals surface area contributed by atoms with E-state index in [-0.39, 0.29) is 17.9 Å². The van der Waals surface area contributed by atoms with Crippen LogP contribution in [0.2, 0.25) is 0 Å². The summed E-state index contributed by atoms with van der Waals surface area (Å²) in [6.07, 6.45) is 2.69. The summed E-state index contributed by atoms with van der Waals surface area (Å²) in [4.78, 5) is 28.9. The van der Waals surface area contributed by atoms with Crippen molar-refractivity contribution in [2.24, 2.45) is 0 Å².